The number of aromatic nitrogens is 2. The van der Waals surface area contributed by atoms with E-state index in [0.29, 0.717) is 12.1 Å². The molecule has 1 heterocycles. The van der Waals surface area contributed by atoms with Gasteiger partial charge in [0.15, 0.2) is 0 Å². The molecule has 20 heavy (non-hydrogen) atoms. The minimum absolute atomic E-state index is 0.409. The molecule has 0 saturated heterocycles. The number of hydrogen-bond donors (Lipinski definition) is 1. The van der Waals surface area contributed by atoms with Crippen LogP contribution in [0.4, 0.5) is 0 Å². The number of ether oxygens (including phenoxy) is 1. The summed E-state index contributed by atoms with van der Waals surface area (Å²) in [6, 6.07) is 8.97. The van der Waals surface area contributed by atoms with Crippen molar-refractivity contribution in [3.8, 4) is 11.8 Å². The Morgan fingerprint density at radius 2 is 2.05 bits per heavy atom. The van der Waals surface area contributed by atoms with Crippen LogP contribution in [0.5, 0.6) is 11.8 Å². The standard InChI is InChI=1S/C16H19N3O/c1-11-5-3-4-6-15(11)20-16-18-10-13(12(2)19-16)9-17-14-7-8-14/h3-6,10,14,17H,7-9H2,1-2H3. The first-order valence-electron chi connectivity index (χ1n) is 7.02. The molecular formula is C16H19N3O. The molecule has 0 radical (unpaired) electrons. The first kappa shape index (κ1) is 13.1. The van der Waals surface area contributed by atoms with E-state index in [-0.39, 0.29) is 0 Å². The highest BCUT2D eigenvalue weighted by molar-refractivity contribution is 5.34. The third-order valence-corrected chi connectivity index (χ3v) is 3.51. The van der Waals surface area contributed by atoms with Crippen LogP contribution in [0, 0.1) is 13.8 Å². The third-order valence-electron chi connectivity index (χ3n) is 3.51. The summed E-state index contributed by atoms with van der Waals surface area (Å²) in [7, 11) is 0. The number of aryl methyl sites for hydroxylation is 2. The SMILES string of the molecule is Cc1ccccc1Oc1ncc(CNC2CC2)c(C)n1. The van der Waals surface area contributed by atoms with Crippen LogP contribution >= 0.6 is 0 Å². The maximum Gasteiger partial charge on any atom is 0.322 e. The molecule has 1 aromatic carbocycles. The van der Waals surface area contributed by atoms with Crippen molar-refractivity contribution in [2.45, 2.75) is 39.3 Å². The van der Waals surface area contributed by atoms with E-state index in [1.165, 1.54) is 12.8 Å². The predicted octanol–water partition coefficient (Wildman–Crippen LogP) is 3.14. The molecule has 1 aliphatic rings. The van der Waals surface area contributed by atoms with Crippen LogP contribution in [-0.2, 0) is 6.54 Å². The Morgan fingerprint density at radius 3 is 2.75 bits per heavy atom. The maximum absolute atomic E-state index is 5.74. The van der Waals surface area contributed by atoms with Crippen LogP contribution in [0.25, 0.3) is 0 Å². The van der Waals surface area contributed by atoms with E-state index >= 15 is 0 Å². The van der Waals surface area contributed by atoms with Crippen molar-refractivity contribution in [3.63, 3.8) is 0 Å². The fourth-order valence-corrected chi connectivity index (χ4v) is 2.00. The van der Waals surface area contributed by atoms with Crippen LogP contribution in [-0.4, -0.2) is 16.0 Å². The van der Waals surface area contributed by atoms with Crippen molar-refractivity contribution in [2.75, 3.05) is 0 Å². The molecule has 1 aliphatic carbocycles. The highest BCUT2D eigenvalue weighted by Crippen LogP contribution is 2.23. The van der Waals surface area contributed by atoms with Gasteiger partial charge < -0.3 is 10.1 Å². The van der Waals surface area contributed by atoms with Gasteiger partial charge in [0.2, 0.25) is 0 Å². The third kappa shape index (κ3) is 3.14. The Balaban J connectivity index is 1.71. The van der Waals surface area contributed by atoms with Gasteiger partial charge in [-0.3, -0.25) is 0 Å². The molecular weight excluding hydrogens is 250 g/mol. The van der Waals surface area contributed by atoms with E-state index in [2.05, 4.69) is 15.3 Å². The van der Waals surface area contributed by atoms with Gasteiger partial charge in [-0.2, -0.15) is 4.98 Å². The lowest BCUT2D eigenvalue weighted by Crippen LogP contribution is -2.16. The van der Waals surface area contributed by atoms with Crippen LogP contribution in [0.1, 0.15) is 29.7 Å². The van der Waals surface area contributed by atoms with Gasteiger partial charge >= 0.3 is 6.01 Å². The second-order valence-electron chi connectivity index (χ2n) is 5.29. The van der Waals surface area contributed by atoms with Gasteiger partial charge in [0.05, 0.1) is 0 Å². The average molecular weight is 269 g/mol. The molecule has 0 aliphatic heterocycles. The summed E-state index contributed by atoms with van der Waals surface area (Å²) in [6.45, 7) is 4.84. The van der Waals surface area contributed by atoms with Gasteiger partial charge in [0.1, 0.15) is 5.75 Å². The summed E-state index contributed by atoms with van der Waals surface area (Å²) in [5.41, 5.74) is 3.18. The fourth-order valence-electron chi connectivity index (χ4n) is 2.00. The second-order valence-corrected chi connectivity index (χ2v) is 5.29. The summed E-state index contributed by atoms with van der Waals surface area (Å²) < 4.78 is 5.74. The molecule has 0 spiro atoms. The van der Waals surface area contributed by atoms with Gasteiger partial charge in [-0.25, -0.2) is 4.98 Å². The van der Waals surface area contributed by atoms with Crippen molar-refractivity contribution in [3.05, 3.63) is 47.3 Å². The lowest BCUT2D eigenvalue weighted by atomic mass is 10.2. The summed E-state index contributed by atoms with van der Waals surface area (Å²) in [4.78, 5) is 8.74. The summed E-state index contributed by atoms with van der Waals surface area (Å²) in [5, 5.41) is 3.47. The first-order valence-corrected chi connectivity index (χ1v) is 7.02. The first-order chi connectivity index (χ1) is 9.72. The van der Waals surface area contributed by atoms with Gasteiger partial charge in [-0.15, -0.1) is 0 Å². The van der Waals surface area contributed by atoms with Crippen molar-refractivity contribution in [1.82, 2.24) is 15.3 Å². The summed E-state index contributed by atoms with van der Waals surface area (Å²) >= 11 is 0. The Hall–Kier alpha value is -1.94. The molecule has 2 aromatic rings. The molecule has 0 bridgehead atoms. The second kappa shape index (κ2) is 5.59. The average Bonchev–Trinajstić information content (AvgIpc) is 3.25. The Morgan fingerprint density at radius 1 is 1.25 bits per heavy atom. The van der Waals surface area contributed by atoms with E-state index in [0.717, 1.165) is 29.1 Å². The monoisotopic (exact) mass is 269 g/mol. The molecule has 4 nitrogen and oxygen atoms in total. The number of benzene rings is 1. The quantitative estimate of drug-likeness (QED) is 0.906. The minimum Gasteiger partial charge on any atom is -0.424 e. The topological polar surface area (TPSA) is 47.0 Å². The normalized spacial score (nSPS) is 14.3. The van der Waals surface area contributed by atoms with Crippen LogP contribution in [0.15, 0.2) is 30.5 Å². The number of para-hydroxylation sites is 1. The summed E-state index contributed by atoms with van der Waals surface area (Å²) in [5.74, 6) is 0.802. The van der Waals surface area contributed by atoms with E-state index in [9.17, 15) is 0 Å². The van der Waals surface area contributed by atoms with Crippen molar-refractivity contribution < 1.29 is 4.74 Å². The highest BCUT2D eigenvalue weighted by atomic mass is 16.5. The number of rotatable bonds is 5. The maximum atomic E-state index is 5.74. The molecule has 1 fully saturated rings. The number of nitrogens with zero attached hydrogens (tertiary/aromatic N) is 2. The van der Waals surface area contributed by atoms with E-state index < -0.39 is 0 Å². The van der Waals surface area contributed by atoms with E-state index in [1.807, 2.05) is 44.3 Å². The lowest BCUT2D eigenvalue weighted by molar-refractivity contribution is 0.436. The number of nitrogens with one attached hydrogen (secondary N) is 1. The molecule has 1 saturated carbocycles. The van der Waals surface area contributed by atoms with Crippen molar-refractivity contribution >= 4 is 0 Å². The summed E-state index contributed by atoms with van der Waals surface area (Å²) in [6.07, 6.45) is 4.42. The Kier molecular flexibility index (Phi) is 3.65. The molecule has 104 valence electrons. The smallest absolute Gasteiger partial charge is 0.322 e. The van der Waals surface area contributed by atoms with Crippen LogP contribution < -0.4 is 10.1 Å². The van der Waals surface area contributed by atoms with Gasteiger partial charge in [0.25, 0.3) is 0 Å². The lowest BCUT2D eigenvalue weighted by Gasteiger charge is -2.09. The van der Waals surface area contributed by atoms with Crippen LogP contribution in [0.3, 0.4) is 0 Å². The molecule has 4 heteroatoms. The van der Waals surface area contributed by atoms with Crippen molar-refractivity contribution in [2.24, 2.45) is 0 Å². The Labute approximate surface area is 119 Å². The molecule has 3 rings (SSSR count). The molecule has 1 N–H and O–H groups in total. The largest absolute Gasteiger partial charge is 0.424 e. The molecule has 1 aromatic heterocycles. The fraction of sp³-hybridized carbons (Fsp3) is 0.375. The zero-order valence-electron chi connectivity index (χ0n) is 11.9. The zero-order chi connectivity index (χ0) is 13.9. The van der Waals surface area contributed by atoms with E-state index in [1.54, 1.807) is 0 Å². The van der Waals surface area contributed by atoms with Gasteiger partial charge in [-0.1, -0.05) is 18.2 Å². The Bertz CT molecular complexity index is 608. The van der Waals surface area contributed by atoms with Gasteiger partial charge in [0, 0.05) is 30.0 Å². The number of hydrogen-bond acceptors (Lipinski definition) is 4. The molecule has 0 unspecified atom stereocenters. The molecule has 0 atom stereocenters. The highest BCUT2D eigenvalue weighted by Gasteiger charge is 2.20. The predicted molar refractivity (Wildman–Crippen MR) is 77.9 cm³/mol. The van der Waals surface area contributed by atoms with Gasteiger partial charge in [-0.05, 0) is 38.3 Å². The molecule has 0 amide bonds. The van der Waals surface area contributed by atoms with Crippen molar-refractivity contribution in [1.29, 1.82) is 0 Å². The zero-order valence-corrected chi connectivity index (χ0v) is 11.9. The van der Waals surface area contributed by atoms with Crippen LogP contribution in [0.2, 0.25) is 0 Å². The van der Waals surface area contributed by atoms with E-state index in [4.69, 9.17) is 4.74 Å². The minimum atomic E-state index is 0.409.